The van der Waals surface area contributed by atoms with Crippen molar-refractivity contribution in [2.24, 2.45) is 0 Å². The number of rotatable bonds is 3. The van der Waals surface area contributed by atoms with Crippen LogP contribution < -0.4 is 0 Å². The highest BCUT2D eigenvalue weighted by atomic mass is 32.2. The molecule has 0 radical (unpaired) electrons. The SMILES string of the molecule is c1ccc(-c2ccc3c4ccccc4n(-c4cccc(-c5csc6sccc56)c4)c3c2)cc1. The summed E-state index contributed by atoms with van der Waals surface area (Å²) >= 11 is 3.66. The smallest absolute Gasteiger partial charge is 0.0871 e. The Morgan fingerprint density at radius 1 is 0.515 bits per heavy atom. The summed E-state index contributed by atoms with van der Waals surface area (Å²) in [6.45, 7) is 0. The Morgan fingerprint density at radius 3 is 2.27 bits per heavy atom. The van der Waals surface area contributed by atoms with E-state index in [2.05, 4.69) is 118 Å². The van der Waals surface area contributed by atoms with Gasteiger partial charge in [-0.25, -0.2) is 0 Å². The van der Waals surface area contributed by atoms with E-state index in [1.807, 2.05) is 22.7 Å². The van der Waals surface area contributed by atoms with Gasteiger partial charge in [0, 0.05) is 32.8 Å². The molecule has 0 saturated carbocycles. The van der Waals surface area contributed by atoms with E-state index in [1.165, 1.54) is 59.1 Å². The summed E-state index contributed by atoms with van der Waals surface area (Å²) in [5.74, 6) is 0. The Balaban J connectivity index is 1.50. The van der Waals surface area contributed by atoms with E-state index in [0.29, 0.717) is 0 Å². The van der Waals surface area contributed by atoms with Crippen LogP contribution in [0.25, 0.3) is 59.1 Å². The van der Waals surface area contributed by atoms with Crippen molar-refractivity contribution in [3.05, 3.63) is 114 Å². The van der Waals surface area contributed by atoms with Gasteiger partial charge in [-0.15, -0.1) is 22.7 Å². The van der Waals surface area contributed by atoms with Gasteiger partial charge in [0.1, 0.15) is 0 Å². The molecule has 0 atom stereocenters. The molecule has 3 heteroatoms. The Bertz CT molecular complexity index is 1770. The number of thiophene rings is 2. The molecule has 0 aliphatic rings. The third-order valence-electron chi connectivity index (χ3n) is 6.40. The Kier molecular flexibility index (Phi) is 4.26. The molecule has 33 heavy (non-hydrogen) atoms. The molecule has 0 spiro atoms. The van der Waals surface area contributed by atoms with E-state index in [0.717, 1.165) is 0 Å². The van der Waals surface area contributed by atoms with E-state index in [4.69, 9.17) is 0 Å². The fourth-order valence-electron chi connectivity index (χ4n) is 4.86. The molecule has 3 aromatic heterocycles. The third-order valence-corrected chi connectivity index (χ3v) is 8.47. The monoisotopic (exact) mass is 457 g/mol. The first-order chi connectivity index (χ1) is 16.4. The molecule has 156 valence electrons. The number of nitrogens with zero attached hydrogens (tertiary/aromatic N) is 1. The van der Waals surface area contributed by atoms with Crippen LogP contribution in [0.15, 0.2) is 114 Å². The van der Waals surface area contributed by atoms with E-state index in [1.54, 1.807) is 0 Å². The second-order valence-electron chi connectivity index (χ2n) is 8.27. The molecule has 0 saturated heterocycles. The minimum atomic E-state index is 1.19. The first-order valence-electron chi connectivity index (χ1n) is 11.0. The van der Waals surface area contributed by atoms with Gasteiger partial charge < -0.3 is 4.57 Å². The maximum atomic E-state index is 2.41. The normalized spacial score (nSPS) is 11.6. The van der Waals surface area contributed by atoms with E-state index in [-0.39, 0.29) is 0 Å². The molecule has 0 N–H and O–H groups in total. The van der Waals surface area contributed by atoms with Gasteiger partial charge in [-0.1, -0.05) is 72.8 Å². The largest absolute Gasteiger partial charge is 0.309 e. The number of fused-ring (bicyclic) bond motifs is 4. The molecular weight excluding hydrogens is 438 g/mol. The van der Waals surface area contributed by atoms with Gasteiger partial charge in [0.15, 0.2) is 0 Å². The van der Waals surface area contributed by atoms with Gasteiger partial charge in [0.2, 0.25) is 0 Å². The van der Waals surface area contributed by atoms with Gasteiger partial charge in [0.05, 0.1) is 15.0 Å². The molecule has 0 aliphatic carbocycles. The van der Waals surface area contributed by atoms with Gasteiger partial charge in [0.25, 0.3) is 0 Å². The lowest BCUT2D eigenvalue weighted by Crippen LogP contribution is -1.94. The van der Waals surface area contributed by atoms with Crippen LogP contribution in [0.2, 0.25) is 0 Å². The molecule has 0 unspecified atom stereocenters. The maximum Gasteiger partial charge on any atom is 0.0871 e. The molecule has 3 heterocycles. The van der Waals surface area contributed by atoms with Crippen LogP contribution in [0.1, 0.15) is 0 Å². The van der Waals surface area contributed by atoms with Crippen molar-refractivity contribution in [1.29, 1.82) is 0 Å². The fraction of sp³-hybridized carbons (Fsp3) is 0. The minimum absolute atomic E-state index is 1.19. The van der Waals surface area contributed by atoms with Crippen LogP contribution in [0, 0.1) is 0 Å². The van der Waals surface area contributed by atoms with E-state index >= 15 is 0 Å². The summed E-state index contributed by atoms with van der Waals surface area (Å²) in [5.41, 5.74) is 8.73. The zero-order valence-corrected chi connectivity index (χ0v) is 19.4. The summed E-state index contributed by atoms with van der Waals surface area (Å²) in [6.07, 6.45) is 0. The van der Waals surface area contributed by atoms with Gasteiger partial charge >= 0.3 is 0 Å². The molecule has 0 aliphatic heterocycles. The highest BCUT2D eigenvalue weighted by Crippen LogP contribution is 2.39. The number of hydrogen-bond donors (Lipinski definition) is 0. The van der Waals surface area contributed by atoms with Crippen LogP contribution in [-0.2, 0) is 0 Å². The van der Waals surface area contributed by atoms with Crippen molar-refractivity contribution in [2.75, 3.05) is 0 Å². The summed E-state index contributed by atoms with van der Waals surface area (Å²) in [4.78, 5) is 0. The first kappa shape index (κ1) is 18.9. The lowest BCUT2D eigenvalue weighted by molar-refractivity contribution is 1.18. The standard InChI is InChI=1S/C30H19NS2/c1-2-7-20(8-3-1)21-13-14-25-24-11-4-5-12-28(24)31(29(25)18-21)23-10-6-9-22(17-23)27-19-33-30-26(27)15-16-32-30/h1-19H. The first-order valence-corrected chi connectivity index (χ1v) is 12.8. The molecule has 0 bridgehead atoms. The zero-order valence-electron chi connectivity index (χ0n) is 17.7. The minimum Gasteiger partial charge on any atom is -0.309 e. The van der Waals surface area contributed by atoms with Crippen molar-refractivity contribution in [3.63, 3.8) is 0 Å². The Labute approximate surface area is 199 Å². The lowest BCUT2D eigenvalue weighted by atomic mass is 10.0. The molecular formula is C30H19NS2. The van der Waals surface area contributed by atoms with Crippen molar-refractivity contribution in [2.45, 2.75) is 0 Å². The van der Waals surface area contributed by atoms with Gasteiger partial charge in [-0.3, -0.25) is 0 Å². The van der Waals surface area contributed by atoms with Crippen LogP contribution in [-0.4, -0.2) is 4.57 Å². The Morgan fingerprint density at radius 2 is 1.33 bits per heavy atom. The number of benzene rings is 4. The average molecular weight is 458 g/mol. The van der Waals surface area contributed by atoms with Crippen molar-refractivity contribution < 1.29 is 0 Å². The summed E-state index contributed by atoms with van der Waals surface area (Å²) in [6, 6.07) is 37.4. The van der Waals surface area contributed by atoms with Crippen LogP contribution in [0.4, 0.5) is 0 Å². The van der Waals surface area contributed by atoms with Crippen LogP contribution in [0.3, 0.4) is 0 Å². The topological polar surface area (TPSA) is 4.93 Å². The number of para-hydroxylation sites is 1. The fourth-order valence-corrected chi connectivity index (χ4v) is 6.82. The highest BCUT2D eigenvalue weighted by molar-refractivity contribution is 7.37. The highest BCUT2D eigenvalue weighted by Gasteiger charge is 2.14. The molecule has 0 fully saturated rings. The quantitative estimate of drug-likeness (QED) is 0.249. The van der Waals surface area contributed by atoms with Gasteiger partial charge in [-0.05, 0) is 52.4 Å². The second kappa shape index (κ2) is 7.45. The molecule has 7 aromatic rings. The predicted octanol–water partition coefficient (Wildman–Crippen LogP) is 9.39. The summed E-state index contributed by atoms with van der Waals surface area (Å²) < 4.78 is 3.80. The zero-order chi connectivity index (χ0) is 21.8. The van der Waals surface area contributed by atoms with Crippen LogP contribution >= 0.6 is 22.7 Å². The lowest BCUT2D eigenvalue weighted by Gasteiger charge is -2.11. The molecule has 1 nitrogen and oxygen atoms in total. The third kappa shape index (κ3) is 2.97. The second-order valence-corrected chi connectivity index (χ2v) is 10.3. The molecule has 0 amide bonds. The number of hydrogen-bond acceptors (Lipinski definition) is 2. The summed E-state index contributed by atoms with van der Waals surface area (Å²) in [7, 11) is 0. The Hall–Kier alpha value is -3.66. The van der Waals surface area contributed by atoms with E-state index in [9.17, 15) is 0 Å². The van der Waals surface area contributed by atoms with E-state index < -0.39 is 0 Å². The summed E-state index contributed by atoms with van der Waals surface area (Å²) in [5, 5.41) is 8.40. The molecule has 4 aromatic carbocycles. The van der Waals surface area contributed by atoms with Crippen molar-refractivity contribution in [1.82, 2.24) is 4.57 Å². The number of aromatic nitrogens is 1. The van der Waals surface area contributed by atoms with Crippen molar-refractivity contribution in [3.8, 4) is 27.9 Å². The van der Waals surface area contributed by atoms with Gasteiger partial charge in [-0.2, -0.15) is 0 Å². The molecule has 7 rings (SSSR count). The predicted molar refractivity (Wildman–Crippen MR) is 145 cm³/mol. The average Bonchev–Trinajstić information content (AvgIpc) is 3.57. The maximum absolute atomic E-state index is 2.41. The van der Waals surface area contributed by atoms with Crippen molar-refractivity contribution >= 4 is 53.9 Å². The van der Waals surface area contributed by atoms with Crippen LogP contribution in [0.5, 0.6) is 0 Å².